The van der Waals surface area contributed by atoms with Crippen molar-refractivity contribution in [2.45, 2.75) is 24.8 Å². The average Bonchev–Trinajstić information content (AvgIpc) is 3.31. The van der Waals surface area contributed by atoms with Gasteiger partial charge in [0.05, 0.1) is 6.04 Å². The van der Waals surface area contributed by atoms with Crippen molar-refractivity contribution in [2.75, 3.05) is 10.6 Å². The van der Waals surface area contributed by atoms with Crippen molar-refractivity contribution in [2.24, 2.45) is 0 Å². The molecule has 0 unspecified atom stereocenters. The molecule has 26 heavy (non-hydrogen) atoms. The average molecular weight is 364 g/mol. The van der Waals surface area contributed by atoms with Gasteiger partial charge in [0.15, 0.2) is 5.78 Å². The molecule has 3 aromatic rings. The summed E-state index contributed by atoms with van der Waals surface area (Å²) in [4.78, 5) is 14.4. The van der Waals surface area contributed by atoms with Gasteiger partial charge in [0.2, 0.25) is 11.6 Å². The number of anilines is 2. The number of Topliss-reactive ketones (excluding diaryl/α,β-unsaturated/α-hetero) is 1. The summed E-state index contributed by atoms with van der Waals surface area (Å²) >= 11 is 1.70. The van der Waals surface area contributed by atoms with Gasteiger partial charge in [0, 0.05) is 28.5 Å². The minimum absolute atomic E-state index is 0.153. The Balaban J connectivity index is 1.62. The minimum atomic E-state index is -0.274. The molecule has 0 fully saturated rings. The molecule has 2 atom stereocenters. The number of hydrogen-bond acceptors (Lipinski definition) is 7. The Morgan fingerprint density at radius 1 is 1.04 bits per heavy atom. The van der Waals surface area contributed by atoms with E-state index in [9.17, 15) is 4.79 Å². The third-order valence-electron chi connectivity index (χ3n) is 4.91. The van der Waals surface area contributed by atoms with Crippen LogP contribution >= 0.6 is 11.3 Å². The van der Waals surface area contributed by atoms with Crippen molar-refractivity contribution >= 4 is 28.8 Å². The van der Waals surface area contributed by atoms with Gasteiger partial charge in [0.1, 0.15) is 0 Å². The molecule has 0 amide bonds. The fourth-order valence-electron chi connectivity index (χ4n) is 3.72. The van der Waals surface area contributed by atoms with Crippen LogP contribution in [-0.2, 0) is 4.79 Å². The molecule has 2 aliphatic rings. The van der Waals surface area contributed by atoms with E-state index in [1.807, 2.05) is 36.4 Å². The molecule has 0 spiro atoms. The maximum atomic E-state index is 13.1. The van der Waals surface area contributed by atoms with Crippen molar-refractivity contribution in [3.63, 3.8) is 0 Å². The molecular weight excluding hydrogens is 348 g/mol. The molecule has 7 heteroatoms. The fourth-order valence-corrected chi connectivity index (χ4v) is 4.55. The summed E-state index contributed by atoms with van der Waals surface area (Å²) in [6.45, 7) is 0. The first-order valence-corrected chi connectivity index (χ1v) is 9.38. The Morgan fingerprint density at radius 2 is 1.88 bits per heavy atom. The quantitative estimate of drug-likeness (QED) is 0.712. The molecule has 0 radical (unpaired) electrons. The van der Waals surface area contributed by atoms with Crippen LogP contribution in [0.15, 0.2) is 63.7 Å². The van der Waals surface area contributed by atoms with E-state index in [1.165, 1.54) is 4.88 Å². The van der Waals surface area contributed by atoms with E-state index < -0.39 is 0 Å². The standard InChI is InChI=1S/C19H16N4O2S/c24-14-10-12(15-7-4-8-26-15)9-13-16(14)17(11-5-2-1-3-6-11)21-19-18(20-13)22-25-23-19/h1-8,12,17H,9-10H2,(H,20,22)(H,21,23)/t12-,17-/m1/s1. The first-order valence-electron chi connectivity index (χ1n) is 8.50. The molecule has 5 rings (SSSR count). The maximum absolute atomic E-state index is 13.1. The number of rotatable bonds is 2. The van der Waals surface area contributed by atoms with E-state index in [2.05, 4.69) is 32.4 Å². The summed E-state index contributed by atoms with van der Waals surface area (Å²) in [7, 11) is 0. The van der Waals surface area contributed by atoms with Gasteiger partial charge in [-0.3, -0.25) is 4.79 Å². The van der Waals surface area contributed by atoms with Crippen LogP contribution in [0.25, 0.3) is 0 Å². The summed E-state index contributed by atoms with van der Waals surface area (Å²) in [5, 5.41) is 16.6. The van der Waals surface area contributed by atoms with Crippen LogP contribution in [0.3, 0.4) is 0 Å². The number of aromatic nitrogens is 2. The lowest BCUT2D eigenvalue weighted by Gasteiger charge is -2.29. The Hall–Kier alpha value is -2.93. The van der Waals surface area contributed by atoms with Gasteiger partial charge in [0.25, 0.3) is 0 Å². The first-order chi connectivity index (χ1) is 12.8. The summed E-state index contributed by atoms with van der Waals surface area (Å²) in [6.07, 6.45) is 1.28. The molecule has 2 aromatic heterocycles. The summed E-state index contributed by atoms with van der Waals surface area (Å²) in [6, 6.07) is 13.8. The zero-order valence-corrected chi connectivity index (χ0v) is 14.6. The van der Waals surface area contributed by atoms with Crippen molar-refractivity contribution in [1.82, 2.24) is 10.3 Å². The summed E-state index contributed by atoms with van der Waals surface area (Å²) in [5.74, 6) is 1.39. The van der Waals surface area contributed by atoms with Crippen LogP contribution in [0.1, 0.15) is 35.2 Å². The van der Waals surface area contributed by atoms with Crippen molar-refractivity contribution in [3.05, 3.63) is 69.6 Å². The van der Waals surface area contributed by atoms with Gasteiger partial charge in [-0.2, -0.15) is 0 Å². The zero-order valence-electron chi connectivity index (χ0n) is 13.8. The summed E-state index contributed by atoms with van der Waals surface area (Å²) in [5.41, 5.74) is 2.68. The number of carbonyl (C=O) groups is 1. The molecule has 2 N–H and O–H groups in total. The van der Waals surface area contributed by atoms with Crippen molar-refractivity contribution in [3.8, 4) is 0 Å². The van der Waals surface area contributed by atoms with Crippen LogP contribution in [0.4, 0.5) is 11.6 Å². The van der Waals surface area contributed by atoms with Gasteiger partial charge in [-0.05, 0) is 33.7 Å². The Labute approximate surface area is 153 Å². The first kappa shape index (κ1) is 15.3. The Morgan fingerprint density at radius 3 is 2.69 bits per heavy atom. The van der Waals surface area contributed by atoms with E-state index in [-0.39, 0.29) is 17.7 Å². The Bertz CT molecular complexity index is 978. The fraction of sp³-hybridized carbons (Fsp3) is 0.211. The molecule has 0 saturated heterocycles. The van der Waals surface area contributed by atoms with E-state index in [4.69, 9.17) is 4.63 Å². The molecule has 1 aliphatic heterocycles. The second-order valence-corrected chi connectivity index (χ2v) is 7.49. The largest absolute Gasteiger partial charge is 0.353 e. The monoisotopic (exact) mass is 364 g/mol. The number of nitrogens with zero attached hydrogens (tertiary/aromatic N) is 2. The van der Waals surface area contributed by atoms with Crippen molar-refractivity contribution < 1.29 is 9.42 Å². The van der Waals surface area contributed by atoms with Crippen LogP contribution < -0.4 is 10.6 Å². The molecule has 3 heterocycles. The number of hydrogen-bond donors (Lipinski definition) is 2. The van der Waals surface area contributed by atoms with E-state index in [1.54, 1.807) is 11.3 Å². The lowest BCUT2D eigenvalue weighted by atomic mass is 9.81. The van der Waals surface area contributed by atoms with Gasteiger partial charge < -0.3 is 10.6 Å². The third-order valence-corrected chi connectivity index (χ3v) is 5.95. The van der Waals surface area contributed by atoms with E-state index >= 15 is 0 Å². The highest BCUT2D eigenvalue weighted by atomic mass is 32.1. The number of fused-ring (bicyclic) bond motifs is 1. The predicted octanol–water partition coefficient (Wildman–Crippen LogP) is 4.11. The van der Waals surface area contributed by atoms with Crippen LogP contribution in [0.2, 0.25) is 0 Å². The van der Waals surface area contributed by atoms with Crippen LogP contribution in [0, 0.1) is 0 Å². The second kappa shape index (κ2) is 6.10. The predicted molar refractivity (Wildman–Crippen MR) is 99.1 cm³/mol. The highest BCUT2D eigenvalue weighted by Gasteiger charge is 2.37. The molecule has 6 nitrogen and oxygen atoms in total. The number of ketones is 1. The van der Waals surface area contributed by atoms with Crippen LogP contribution in [0.5, 0.6) is 0 Å². The van der Waals surface area contributed by atoms with Gasteiger partial charge >= 0.3 is 0 Å². The van der Waals surface area contributed by atoms with Gasteiger partial charge in [-0.1, -0.05) is 36.4 Å². The molecule has 0 saturated carbocycles. The number of allylic oxidation sites excluding steroid dienone is 1. The molecule has 1 aliphatic carbocycles. The highest BCUT2D eigenvalue weighted by Crippen LogP contribution is 2.43. The zero-order chi connectivity index (χ0) is 17.5. The number of carbonyl (C=O) groups excluding carboxylic acids is 1. The molecular formula is C19H16N4O2S. The minimum Gasteiger partial charge on any atom is -0.353 e. The van der Waals surface area contributed by atoms with Gasteiger partial charge in [-0.25, -0.2) is 4.63 Å². The highest BCUT2D eigenvalue weighted by molar-refractivity contribution is 7.10. The second-order valence-electron chi connectivity index (χ2n) is 6.51. The smallest absolute Gasteiger partial charge is 0.219 e. The normalized spacial score (nSPS) is 22.1. The number of benzene rings is 1. The van der Waals surface area contributed by atoms with Crippen molar-refractivity contribution in [1.29, 1.82) is 0 Å². The topological polar surface area (TPSA) is 80.1 Å². The van der Waals surface area contributed by atoms with Crippen LogP contribution in [-0.4, -0.2) is 16.1 Å². The molecule has 0 bridgehead atoms. The lowest BCUT2D eigenvalue weighted by molar-refractivity contribution is -0.116. The molecule has 130 valence electrons. The number of nitrogens with one attached hydrogen (secondary N) is 2. The molecule has 1 aromatic carbocycles. The SMILES string of the molecule is O=C1C[C@H](c2cccs2)CC2=C1[C@@H](c1ccccc1)Nc1nonc1N2. The van der Waals surface area contributed by atoms with E-state index in [0.29, 0.717) is 18.1 Å². The maximum Gasteiger partial charge on any atom is 0.219 e. The van der Waals surface area contributed by atoms with E-state index in [0.717, 1.165) is 23.3 Å². The number of thiophene rings is 1. The lowest BCUT2D eigenvalue weighted by Crippen LogP contribution is -2.26. The third kappa shape index (κ3) is 2.52. The summed E-state index contributed by atoms with van der Waals surface area (Å²) < 4.78 is 4.88. The Kier molecular flexibility index (Phi) is 3.60. The van der Waals surface area contributed by atoms with Gasteiger partial charge in [-0.15, -0.1) is 11.3 Å².